The van der Waals surface area contributed by atoms with Crippen LogP contribution in [-0.2, 0) is 30.1 Å². The number of nitrogens with two attached hydrogens (primary N) is 1. The zero-order valence-electron chi connectivity index (χ0n) is 20.6. The van der Waals surface area contributed by atoms with Crippen LogP contribution < -0.4 is 16.4 Å². The monoisotopic (exact) mass is 599 g/mol. The van der Waals surface area contributed by atoms with E-state index in [1.165, 1.54) is 30.3 Å². The van der Waals surface area contributed by atoms with E-state index in [-0.39, 0.29) is 52.5 Å². The van der Waals surface area contributed by atoms with Crippen molar-refractivity contribution < 1.29 is 40.7 Å². The van der Waals surface area contributed by atoms with Gasteiger partial charge in [-0.05, 0) is 35.9 Å². The number of nitrogens with zero attached hydrogens (tertiary/aromatic N) is 1. The van der Waals surface area contributed by atoms with Crippen molar-refractivity contribution in [3.63, 3.8) is 0 Å². The molecule has 4 rings (SSSR count). The molecule has 4 aromatic rings. The van der Waals surface area contributed by atoms with E-state index in [2.05, 4.69) is 20.6 Å². The minimum atomic E-state index is -4.82. The number of hydrogen-bond acceptors (Lipinski definition) is 4. The van der Waals surface area contributed by atoms with Gasteiger partial charge in [-0.25, -0.2) is 4.98 Å². The van der Waals surface area contributed by atoms with Gasteiger partial charge in [0, 0.05) is 12.2 Å². The molecule has 0 bridgehead atoms. The zero-order chi connectivity index (χ0) is 29.2. The molecule has 0 saturated heterocycles. The summed E-state index contributed by atoms with van der Waals surface area (Å²) in [7, 11) is 0. The second-order valence-electron chi connectivity index (χ2n) is 8.58. The van der Waals surface area contributed by atoms with Crippen LogP contribution in [0, 0.1) is 0 Å². The number of hydrogen-bond donors (Lipinski definition) is 4. The first-order valence-electron chi connectivity index (χ1n) is 11.5. The third kappa shape index (κ3) is 7.14. The Hall–Kier alpha value is -4.59. The second-order valence-corrected chi connectivity index (χ2v) is 8.58. The summed E-state index contributed by atoms with van der Waals surface area (Å²) >= 11 is 0. The van der Waals surface area contributed by atoms with Crippen LogP contribution in [0.1, 0.15) is 43.2 Å². The molecule has 8 nitrogen and oxygen atoms in total. The van der Waals surface area contributed by atoms with E-state index >= 15 is 0 Å². The number of fused-ring (bicyclic) bond motifs is 1. The number of anilines is 1. The lowest BCUT2D eigenvalue weighted by Gasteiger charge is -2.14. The Kier molecular flexibility index (Phi) is 8.97. The summed E-state index contributed by atoms with van der Waals surface area (Å²) in [4.78, 5) is 44.2. The van der Waals surface area contributed by atoms with Crippen molar-refractivity contribution in [2.45, 2.75) is 25.3 Å². The molecule has 15 heteroatoms. The molecule has 0 saturated carbocycles. The van der Waals surface area contributed by atoms with Crippen molar-refractivity contribution in [2.24, 2.45) is 5.73 Å². The summed E-state index contributed by atoms with van der Waals surface area (Å²) in [6, 6.07) is 11.1. The smallest absolute Gasteiger partial charge is 0.369 e. The maximum atomic E-state index is 13.4. The number of amides is 3. The van der Waals surface area contributed by atoms with Crippen molar-refractivity contribution in [3.05, 3.63) is 94.3 Å². The van der Waals surface area contributed by atoms with Gasteiger partial charge >= 0.3 is 12.4 Å². The topological polar surface area (TPSA) is 130 Å². The van der Waals surface area contributed by atoms with Gasteiger partial charge in [0.25, 0.3) is 11.8 Å². The number of nitrogens with one attached hydrogen (secondary N) is 3. The minimum Gasteiger partial charge on any atom is -0.369 e. The summed E-state index contributed by atoms with van der Waals surface area (Å²) < 4.78 is 80.3. The Balaban J connectivity index is 0.00000462. The fourth-order valence-electron chi connectivity index (χ4n) is 4.01. The molecule has 3 aromatic carbocycles. The van der Waals surface area contributed by atoms with Crippen LogP contribution in [0.2, 0.25) is 0 Å². The summed E-state index contributed by atoms with van der Waals surface area (Å²) in [5.74, 6) is -2.74. The molecule has 0 atom stereocenters. The number of benzene rings is 3. The van der Waals surface area contributed by atoms with E-state index in [1.54, 1.807) is 0 Å². The number of rotatable bonds is 7. The largest absolute Gasteiger partial charge is 0.417 e. The van der Waals surface area contributed by atoms with Crippen LogP contribution in [0.3, 0.4) is 0 Å². The van der Waals surface area contributed by atoms with E-state index in [0.29, 0.717) is 0 Å². The van der Waals surface area contributed by atoms with E-state index < -0.39 is 53.3 Å². The van der Waals surface area contributed by atoms with Gasteiger partial charge in [0.05, 0.1) is 34.2 Å². The molecule has 0 spiro atoms. The number of aromatic amines is 1. The molecule has 3 amide bonds. The zero-order valence-corrected chi connectivity index (χ0v) is 21.4. The lowest BCUT2D eigenvalue weighted by Crippen LogP contribution is -2.25. The van der Waals surface area contributed by atoms with E-state index in [1.807, 2.05) is 0 Å². The number of aromatic nitrogens is 2. The fraction of sp³-hybridized carbons (Fsp3) is 0.154. The molecule has 0 aliphatic heterocycles. The van der Waals surface area contributed by atoms with Crippen LogP contribution in [0.15, 0.2) is 60.7 Å². The quantitative estimate of drug-likeness (QED) is 0.217. The van der Waals surface area contributed by atoms with Gasteiger partial charge in [-0.15, -0.1) is 12.4 Å². The molecular formula is C26H20ClF6N5O3. The molecule has 216 valence electrons. The molecule has 1 aromatic heterocycles. The van der Waals surface area contributed by atoms with Gasteiger partial charge in [0.15, 0.2) is 0 Å². The van der Waals surface area contributed by atoms with Crippen LogP contribution in [0.5, 0.6) is 0 Å². The predicted octanol–water partition coefficient (Wildman–Crippen LogP) is 5.23. The first-order chi connectivity index (χ1) is 18.7. The van der Waals surface area contributed by atoms with Crippen molar-refractivity contribution in [1.29, 1.82) is 0 Å². The van der Waals surface area contributed by atoms with Gasteiger partial charge in [-0.2, -0.15) is 26.3 Å². The maximum Gasteiger partial charge on any atom is 0.417 e. The fourth-order valence-corrected chi connectivity index (χ4v) is 4.01. The average Bonchev–Trinajstić information content (AvgIpc) is 3.27. The maximum absolute atomic E-state index is 13.4. The molecule has 0 aliphatic carbocycles. The van der Waals surface area contributed by atoms with Crippen LogP contribution in [-0.4, -0.2) is 27.7 Å². The van der Waals surface area contributed by atoms with E-state index in [4.69, 9.17) is 5.73 Å². The lowest BCUT2D eigenvalue weighted by atomic mass is 10.1. The van der Waals surface area contributed by atoms with Crippen molar-refractivity contribution in [3.8, 4) is 0 Å². The number of imidazole rings is 1. The number of alkyl halides is 6. The Morgan fingerprint density at radius 1 is 0.829 bits per heavy atom. The molecule has 41 heavy (non-hydrogen) atoms. The van der Waals surface area contributed by atoms with E-state index in [0.717, 1.165) is 30.3 Å². The van der Waals surface area contributed by atoms with Crippen molar-refractivity contribution in [2.75, 3.05) is 5.32 Å². The van der Waals surface area contributed by atoms with Gasteiger partial charge in [0.2, 0.25) is 5.91 Å². The minimum absolute atomic E-state index is 0. The van der Waals surface area contributed by atoms with Crippen LogP contribution >= 0.6 is 12.4 Å². The van der Waals surface area contributed by atoms with Gasteiger partial charge in [-0.3, -0.25) is 14.4 Å². The van der Waals surface area contributed by atoms with Gasteiger partial charge in [-0.1, -0.05) is 30.3 Å². The SMILES string of the molecule is Cl.NC(=O)Cc1nc2c(C(=O)NCc3ccccc3C(F)(F)F)cc(NC(=O)c3ccccc3C(F)(F)F)cc2[nH]1. The second kappa shape index (κ2) is 11.9. The predicted molar refractivity (Wildman–Crippen MR) is 138 cm³/mol. The van der Waals surface area contributed by atoms with E-state index in [9.17, 15) is 40.7 Å². The summed E-state index contributed by atoms with van der Waals surface area (Å²) in [6.45, 7) is -0.524. The Bertz CT molecular complexity index is 1620. The van der Waals surface area contributed by atoms with Crippen molar-refractivity contribution >= 4 is 46.8 Å². The standard InChI is InChI=1S/C26H19F6N5O3.ClH/c27-25(28,29)17-7-3-1-5-13(17)12-34-23(39)16-9-14(10-19-22(16)37-21(36-19)11-20(33)38)35-24(40)15-6-2-4-8-18(15)26(30,31)32;/h1-10H,11-12H2,(H2,33,38)(H,34,39)(H,35,40)(H,36,37);1H. The third-order valence-corrected chi connectivity index (χ3v) is 5.72. The number of primary amides is 1. The highest BCUT2D eigenvalue weighted by Crippen LogP contribution is 2.33. The number of H-pyrrole nitrogens is 1. The van der Waals surface area contributed by atoms with Crippen molar-refractivity contribution in [1.82, 2.24) is 15.3 Å². The molecule has 0 radical (unpaired) electrons. The lowest BCUT2D eigenvalue weighted by molar-refractivity contribution is -0.138. The number of halogens is 7. The molecule has 0 unspecified atom stereocenters. The molecule has 0 aliphatic rings. The third-order valence-electron chi connectivity index (χ3n) is 5.72. The first kappa shape index (κ1) is 30.9. The van der Waals surface area contributed by atoms with Crippen LogP contribution in [0.25, 0.3) is 11.0 Å². The molecular weight excluding hydrogens is 580 g/mol. The highest BCUT2D eigenvalue weighted by molar-refractivity contribution is 6.10. The highest BCUT2D eigenvalue weighted by Gasteiger charge is 2.35. The Morgan fingerprint density at radius 2 is 1.44 bits per heavy atom. The molecule has 1 heterocycles. The van der Waals surface area contributed by atoms with Gasteiger partial charge in [0.1, 0.15) is 11.3 Å². The summed E-state index contributed by atoms with van der Waals surface area (Å²) in [5.41, 5.74) is 1.92. The Morgan fingerprint density at radius 3 is 2.07 bits per heavy atom. The average molecular weight is 600 g/mol. The normalized spacial score (nSPS) is 11.6. The highest BCUT2D eigenvalue weighted by atomic mass is 35.5. The number of carbonyl (C=O) groups excluding carboxylic acids is 3. The first-order valence-corrected chi connectivity index (χ1v) is 11.5. The number of carbonyl (C=O) groups is 3. The summed E-state index contributed by atoms with van der Waals surface area (Å²) in [6.07, 6.45) is -9.84. The molecule has 0 fully saturated rings. The molecule has 5 N–H and O–H groups in total. The van der Waals surface area contributed by atoms with Crippen LogP contribution in [0.4, 0.5) is 32.0 Å². The Labute approximate surface area is 233 Å². The summed E-state index contributed by atoms with van der Waals surface area (Å²) in [5, 5.41) is 4.67. The van der Waals surface area contributed by atoms with Gasteiger partial charge < -0.3 is 21.4 Å².